The zero-order chi connectivity index (χ0) is 16.8. The first-order valence-electron chi connectivity index (χ1n) is 8.11. The smallest absolute Gasteiger partial charge is 0.142 e. The molecule has 0 amide bonds. The Kier molecular flexibility index (Phi) is 5.64. The van der Waals surface area contributed by atoms with Gasteiger partial charge in [-0.1, -0.05) is 24.3 Å². The molecular weight excluding hydrogens is 318 g/mol. The van der Waals surface area contributed by atoms with Crippen LogP contribution in [-0.4, -0.2) is 50.8 Å². The van der Waals surface area contributed by atoms with Crippen LogP contribution in [0.25, 0.3) is 0 Å². The Morgan fingerprint density at radius 1 is 1.00 bits per heavy atom. The third-order valence-electron chi connectivity index (χ3n) is 4.17. The summed E-state index contributed by atoms with van der Waals surface area (Å²) >= 11 is 1.75. The Hall–Kier alpha value is -2.14. The average molecular weight is 341 g/mol. The van der Waals surface area contributed by atoms with Crippen LogP contribution in [0.2, 0.25) is 0 Å². The van der Waals surface area contributed by atoms with Gasteiger partial charge in [0.2, 0.25) is 0 Å². The highest BCUT2D eigenvalue weighted by Crippen LogP contribution is 2.28. The van der Waals surface area contributed by atoms with Crippen molar-refractivity contribution in [2.24, 2.45) is 5.10 Å². The number of hydrogen-bond acceptors (Lipinski definition) is 5. The predicted octanol–water partition coefficient (Wildman–Crippen LogP) is 3.57. The van der Waals surface area contributed by atoms with Gasteiger partial charge in [0.05, 0.1) is 32.1 Å². The van der Waals surface area contributed by atoms with E-state index in [9.17, 15) is 0 Å². The van der Waals surface area contributed by atoms with Gasteiger partial charge < -0.3 is 9.64 Å². The molecule has 0 spiro atoms. The Bertz CT molecular complexity index is 679. The highest BCUT2D eigenvalue weighted by molar-refractivity contribution is 7.98. The van der Waals surface area contributed by atoms with Crippen molar-refractivity contribution in [1.29, 1.82) is 0 Å². The third kappa shape index (κ3) is 4.03. The maximum Gasteiger partial charge on any atom is 0.142 e. The van der Waals surface area contributed by atoms with Gasteiger partial charge in [-0.2, -0.15) is 5.10 Å². The molecule has 0 unspecified atom stereocenters. The number of hydrogen-bond donors (Lipinski definition) is 0. The van der Waals surface area contributed by atoms with Crippen LogP contribution < -0.4 is 9.64 Å². The molecule has 24 heavy (non-hydrogen) atoms. The molecule has 126 valence electrons. The van der Waals surface area contributed by atoms with Crippen molar-refractivity contribution in [3.63, 3.8) is 0 Å². The quantitative estimate of drug-likeness (QED) is 0.614. The molecular formula is C19H23N3OS. The SMILES string of the molecule is COc1ccccc1N1CCN(/N=C/c2ccc(SC)cc2)CC1. The van der Waals surface area contributed by atoms with E-state index in [1.54, 1.807) is 18.9 Å². The number of piperazine rings is 1. The van der Waals surface area contributed by atoms with Crippen molar-refractivity contribution in [2.45, 2.75) is 4.90 Å². The van der Waals surface area contributed by atoms with Crippen molar-refractivity contribution in [3.8, 4) is 5.75 Å². The number of hydrazone groups is 1. The molecule has 0 aliphatic carbocycles. The summed E-state index contributed by atoms with van der Waals surface area (Å²) in [6.07, 6.45) is 4.03. The fourth-order valence-electron chi connectivity index (χ4n) is 2.78. The number of para-hydroxylation sites is 2. The Morgan fingerprint density at radius 2 is 1.71 bits per heavy atom. The van der Waals surface area contributed by atoms with E-state index in [4.69, 9.17) is 4.74 Å². The second-order valence-electron chi connectivity index (χ2n) is 5.63. The van der Waals surface area contributed by atoms with Crippen LogP contribution in [0, 0.1) is 0 Å². The monoisotopic (exact) mass is 341 g/mol. The van der Waals surface area contributed by atoms with E-state index in [1.165, 1.54) is 4.90 Å². The molecule has 1 saturated heterocycles. The molecule has 4 nitrogen and oxygen atoms in total. The minimum atomic E-state index is 0.914. The summed E-state index contributed by atoms with van der Waals surface area (Å²) in [5.74, 6) is 0.934. The van der Waals surface area contributed by atoms with Gasteiger partial charge in [0.15, 0.2) is 0 Å². The van der Waals surface area contributed by atoms with Crippen molar-refractivity contribution < 1.29 is 4.74 Å². The summed E-state index contributed by atoms with van der Waals surface area (Å²) in [6, 6.07) is 16.7. The van der Waals surface area contributed by atoms with Crippen LogP contribution >= 0.6 is 11.8 Å². The molecule has 0 atom stereocenters. The molecule has 0 saturated carbocycles. The number of thioether (sulfide) groups is 1. The van der Waals surface area contributed by atoms with Gasteiger partial charge in [-0.25, -0.2) is 0 Å². The maximum atomic E-state index is 5.46. The molecule has 0 aromatic heterocycles. The molecule has 5 heteroatoms. The van der Waals surface area contributed by atoms with Gasteiger partial charge >= 0.3 is 0 Å². The van der Waals surface area contributed by atoms with E-state index in [1.807, 2.05) is 18.3 Å². The van der Waals surface area contributed by atoms with Crippen molar-refractivity contribution in [1.82, 2.24) is 5.01 Å². The normalized spacial score (nSPS) is 15.1. The summed E-state index contributed by atoms with van der Waals surface area (Å²) in [7, 11) is 1.72. The Balaban J connectivity index is 1.57. The number of rotatable bonds is 5. The zero-order valence-corrected chi connectivity index (χ0v) is 15.0. The lowest BCUT2D eigenvalue weighted by Gasteiger charge is -2.35. The number of benzene rings is 2. The molecule has 0 N–H and O–H groups in total. The third-order valence-corrected chi connectivity index (χ3v) is 4.91. The topological polar surface area (TPSA) is 28.1 Å². The first kappa shape index (κ1) is 16.7. The highest BCUT2D eigenvalue weighted by Gasteiger charge is 2.18. The lowest BCUT2D eigenvalue weighted by Crippen LogP contribution is -2.44. The number of nitrogens with zero attached hydrogens (tertiary/aromatic N) is 3. The van der Waals surface area contributed by atoms with Gasteiger partial charge in [0.1, 0.15) is 5.75 Å². The summed E-state index contributed by atoms with van der Waals surface area (Å²) in [5, 5.41) is 6.76. The molecule has 1 heterocycles. The van der Waals surface area contributed by atoms with E-state index in [0.29, 0.717) is 0 Å². The number of methoxy groups -OCH3 is 1. The van der Waals surface area contributed by atoms with E-state index in [2.05, 4.69) is 57.7 Å². The first-order chi connectivity index (χ1) is 11.8. The van der Waals surface area contributed by atoms with E-state index in [0.717, 1.165) is 43.2 Å². The minimum Gasteiger partial charge on any atom is -0.495 e. The fourth-order valence-corrected chi connectivity index (χ4v) is 3.19. The Labute approximate surface area is 148 Å². The minimum absolute atomic E-state index is 0.914. The number of anilines is 1. The largest absolute Gasteiger partial charge is 0.495 e. The van der Waals surface area contributed by atoms with E-state index < -0.39 is 0 Å². The van der Waals surface area contributed by atoms with Gasteiger partial charge in [-0.05, 0) is 36.1 Å². The summed E-state index contributed by atoms with van der Waals surface area (Å²) < 4.78 is 5.46. The van der Waals surface area contributed by atoms with Crippen LogP contribution in [0.5, 0.6) is 5.75 Å². The highest BCUT2D eigenvalue weighted by atomic mass is 32.2. The summed E-state index contributed by atoms with van der Waals surface area (Å²) in [4.78, 5) is 3.63. The molecule has 1 fully saturated rings. The van der Waals surface area contributed by atoms with Crippen molar-refractivity contribution in [3.05, 3.63) is 54.1 Å². The summed E-state index contributed by atoms with van der Waals surface area (Å²) in [5.41, 5.74) is 2.30. The van der Waals surface area contributed by atoms with Gasteiger partial charge in [-0.3, -0.25) is 5.01 Å². The van der Waals surface area contributed by atoms with Crippen LogP contribution in [0.4, 0.5) is 5.69 Å². The van der Waals surface area contributed by atoms with Crippen LogP contribution in [0.3, 0.4) is 0 Å². The maximum absolute atomic E-state index is 5.46. The van der Waals surface area contributed by atoms with Gasteiger partial charge in [0, 0.05) is 18.0 Å². The average Bonchev–Trinajstić information content (AvgIpc) is 2.67. The van der Waals surface area contributed by atoms with Crippen LogP contribution in [0.15, 0.2) is 58.5 Å². The van der Waals surface area contributed by atoms with Gasteiger partial charge in [0.25, 0.3) is 0 Å². The van der Waals surface area contributed by atoms with Gasteiger partial charge in [-0.15, -0.1) is 11.8 Å². The van der Waals surface area contributed by atoms with E-state index in [-0.39, 0.29) is 0 Å². The fraction of sp³-hybridized carbons (Fsp3) is 0.316. The molecule has 0 bridgehead atoms. The molecule has 2 aromatic rings. The van der Waals surface area contributed by atoms with E-state index >= 15 is 0 Å². The van der Waals surface area contributed by atoms with Crippen molar-refractivity contribution >= 4 is 23.7 Å². The standard InChI is InChI=1S/C19H23N3OS/c1-23-19-6-4-3-5-18(19)21-11-13-22(14-12-21)20-15-16-7-9-17(24-2)10-8-16/h3-10,15H,11-14H2,1-2H3/b20-15+. The van der Waals surface area contributed by atoms with Crippen LogP contribution in [-0.2, 0) is 0 Å². The molecule has 1 aliphatic heterocycles. The second kappa shape index (κ2) is 8.11. The second-order valence-corrected chi connectivity index (χ2v) is 6.51. The predicted molar refractivity (Wildman–Crippen MR) is 103 cm³/mol. The van der Waals surface area contributed by atoms with Crippen LogP contribution in [0.1, 0.15) is 5.56 Å². The van der Waals surface area contributed by atoms with Crippen molar-refractivity contribution in [2.75, 3.05) is 44.4 Å². The molecule has 0 radical (unpaired) electrons. The zero-order valence-electron chi connectivity index (χ0n) is 14.2. The summed E-state index contributed by atoms with van der Waals surface area (Å²) in [6.45, 7) is 3.72. The lowest BCUT2D eigenvalue weighted by atomic mass is 10.2. The molecule has 2 aromatic carbocycles. The lowest BCUT2D eigenvalue weighted by molar-refractivity contribution is 0.271. The number of ether oxygens (including phenoxy) is 1. The molecule has 1 aliphatic rings. The Morgan fingerprint density at radius 3 is 2.38 bits per heavy atom. The molecule has 3 rings (SSSR count). The first-order valence-corrected chi connectivity index (χ1v) is 9.33.